The van der Waals surface area contributed by atoms with Gasteiger partial charge >= 0.3 is 0 Å². The lowest BCUT2D eigenvalue weighted by atomic mass is 9.84. The molecule has 0 saturated heterocycles. The molecule has 6 rings (SSSR count). The molecule has 3 N–H and O–H groups in total. The number of primary amides is 1. The average molecular weight is 599 g/mol. The van der Waals surface area contributed by atoms with Crippen LogP contribution in [0.2, 0.25) is 0 Å². The molecule has 44 heavy (non-hydrogen) atoms. The maximum atomic E-state index is 13.9. The summed E-state index contributed by atoms with van der Waals surface area (Å²) in [5.74, 6) is -2.97. The van der Waals surface area contributed by atoms with Gasteiger partial charge in [-0.25, -0.2) is 13.2 Å². The van der Waals surface area contributed by atoms with E-state index in [9.17, 15) is 22.8 Å². The van der Waals surface area contributed by atoms with Crippen LogP contribution in [-0.4, -0.2) is 23.3 Å². The van der Waals surface area contributed by atoms with Gasteiger partial charge in [0.1, 0.15) is 5.82 Å². The SMILES string of the molecule is CC(C)Cc1nc2c(c(-c3ccc4c(c3)CCN4Cc3ccc(F)c(F)c3)c1C(N)=O)C(=O)N[C@]2(C)Cc1ccc(F)cc1. The fourth-order valence-corrected chi connectivity index (χ4v) is 6.50. The molecule has 0 bridgehead atoms. The van der Waals surface area contributed by atoms with Gasteiger partial charge in [0, 0.05) is 30.8 Å². The number of carbonyl (C=O) groups excluding carboxylic acids is 2. The maximum Gasteiger partial charge on any atom is 0.254 e. The summed E-state index contributed by atoms with van der Waals surface area (Å²) in [6, 6.07) is 15.8. The monoisotopic (exact) mass is 598 g/mol. The van der Waals surface area contributed by atoms with Gasteiger partial charge in [-0.15, -0.1) is 0 Å². The van der Waals surface area contributed by atoms with Crippen LogP contribution in [0.4, 0.5) is 18.9 Å². The van der Waals surface area contributed by atoms with Gasteiger partial charge in [0.25, 0.3) is 11.8 Å². The zero-order chi connectivity index (χ0) is 31.3. The van der Waals surface area contributed by atoms with Crippen molar-refractivity contribution in [3.05, 3.63) is 117 Å². The highest BCUT2D eigenvalue weighted by Crippen LogP contribution is 2.43. The first-order valence-electron chi connectivity index (χ1n) is 14.7. The van der Waals surface area contributed by atoms with Gasteiger partial charge in [0.2, 0.25) is 0 Å². The second-order valence-corrected chi connectivity index (χ2v) is 12.3. The second-order valence-electron chi connectivity index (χ2n) is 12.3. The quantitative estimate of drug-likeness (QED) is 0.252. The molecule has 226 valence electrons. The van der Waals surface area contributed by atoms with Crippen LogP contribution < -0.4 is 16.0 Å². The number of nitrogens with zero attached hydrogens (tertiary/aromatic N) is 2. The van der Waals surface area contributed by atoms with E-state index in [1.165, 1.54) is 18.2 Å². The molecule has 2 aliphatic heterocycles. The molecule has 9 heteroatoms. The van der Waals surface area contributed by atoms with Crippen molar-refractivity contribution in [2.45, 2.75) is 52.1 Å². The summed E-state index contributed by atoms with van der Waals surface area (Å²) in [5, 5.41) is 3.10. The van der Waals surface area contributed by atoms with E-state index in [4.69, 9.17) is 10.7 Å². The number of amides is 2. The molecule has 3 heterocycles. The van der Waals surface area contributed by atoms with Crippen LogP contribution in [-0.2, 0) is 31.3 Å². The minimum absolute atomic E-state index is 0.157. The zero-order valence-electron chi connectivity index (χ0n) is 24.8. The summed E-state index contributed by atoms with van der Waals surface area (Å²) >= 11 is 0. The largest absolute Gasteiger partial charge is 0.367 e. The van der Waals surface area contributed by atoms with E-state index >= 15 is 0 Å². The van der Waals surface area contributed by atoms with Crippen LogP contribution in [0.25, 0.3) is 11.1 Å². The predicted octanol–water partition coefficient (Wildman–Crippen LogP) is 6.23. The molecule has 6 nitrogen and oxygen atoms in total. The Bertz CT molecular complexity index is 1810. The molecule has 4 aromatic rings. The number of nitrogens with one attached hydrogen (secondary N) is 1. The third-order valence-corrected chi connectivity index (χ3v) is 8.45. The van der Waals surface area contributed by atoms with Gasteiger partial charge in [-0.1, -0.05) is 38.1 Å². The lowest BCUT2D eigenvalue weighted by molar-refractivity contribution is 0.0935. The molecular weight excluding hydrogens is 565 g/mol. The van der Waals surface area contributed by atoms with Crippen molar-refractivity contribution >= 4 is 17.5 Å². The number of hydrogen-bond donors (Lipinski definition) is 2. The first-order chi connectivity index (χ1) is 20.9. The Kier molecular flexibility index (Phi) is 7.43. The maximum absolute atomic E-state index is 13.9. The van der Waals surface area contributed by atoms with Crippen molar-refractivity contribution in [1.29, 1.82) is 0 Å². The Hall–Kier alpha value is -4.66. The van der Waals surface area contributed by atoms with Gasteiger partial charge in [0.05, 0.1) is 28.1 Å². The van der Waals surface area contributed by atoms with E-state index in [0.29, 0.717) is 66.0 Å². The number of fused-ring (bicyclic) bond motifs is 2. The van der Waals surface area contributed by atoms with Crippen molar-refractivity contribution in [3.8, 4) is 11.1 Å². The summed E-state index contributed by atoms with van der Waals surface area (Å²) in [6.45, 7) is 7.01. The Morgan fingerprint density at radius 1 is 1.00 bits per heavy atom. The number of carbonyl (C=O) groups is 2. The summed E-state index contributed by atoms with van der Waals surface area (Å²) in [6.07, 6.45) is 1.55. The van der Waals surface area contributed by atoms with Crippen molar-refractivity contribution in [1.82, 2.24) is 10.3 Å². The van der Waals surface area contributed by atoms with E-state index in [0.717, 1.165) is 22.9 Å². The molecule has 0 fully saturated rings. The molecule has 3 aromatic carbocycles. The molecule has 0 radical (unpaired) electrons. The van der Waals surface area contributed by atoms with Gasteiger partial charge in [-0.3, -0.25) is 14.6 Å². The molecule has 0 unspecified atom stereocenters. The number of hydrogen-bond acceptors (Lipinski definition) is 4. The van der Waals surface area contributed by atoms with E-state index in [1.54, 1.807) is 18.2 Å². The van der Waals surface area contributed by atoms with Gasteiger partial charge in [-0.05, 0) is 84.3 Å². The van der Waals surface area contributed by atoms with Crippen LogP contribution in [0.3, 0.4) is 0 Å². The van der Waals surface area contributed by atoms with E-state index in [-0.39, 0.29) is 23.2 Å². The van der Waals surface area contributed by atoms with Crippen LogP contribution in [0.5, 0.6) is 0 Å². The lowest BCUT2D eigenvalue weighted by Crippen LogP contribution is -2.39. The fourth-order valence-electron chi connectivity index (χ4n) is 6.50. The summed E-state index contributed by atoms with van der Waals surface area (Å²) < 4.78 is 41.0. The highest BCUT2D eigenvalue weighted by molar-refractivity contribution is 6.12. The normalized spacial score (nSPS) is 17.2. The van der Waals surface area contributed by atoms with Crippen LogP contribution in [0.1, 0.15) is 69.6 Å². The van der Waals surface area contributed by atoms with Gasteiger partial charge in [0.15, 0.2) is 11.6 Å². The first kappa shape index (κ1) is 29.4. The Morgan fingerprint density at radius 2 is 1.73 bits per heavy atom. The third kappa shape index (κ3) is 5.31. The average Bonchev–Trinajstić information content (AvgIpc) is 3.47. The number of rotatable bonds is 8. The molecule has 1 atom stereocenters. The van der Waals surface area contributed by atoms with Gasteiger partial charge < -0.3 is 16.0 Å². The second kappa shape index (κ2) is 11.1. The standard InChI is InChI=1S/C35H33F3N4O2/c1-19(2)14-27-30(33(39)43)29(31-32(40-27)35(3,41-34(31)44)17-20-4-8-24(36)9-5-20)23-7-11-28-22(16-23)12-13-42(28)18-21-6-10-25(37)26(38)15-21/h4-11,15-16,19H,12-14,17-18H2,1-3H3,(H2,39,43)(H,41,44)/t35-/m1/s1. The number of aromatic nitrogens is 1. The summed E-state index contributed by atoms with van der Waals surface area (Å²) in [4.78, 5) is 33.8. The Morgan fingerprint density at radius 3 is 2.41 bits per heavy atom. The van der Waals surface area contributed by atoms with Crippen molar-refractivity contribution < 1.29 is 22.8 Å². The minimum Gasteiger partial charge on any atom is -0.367 e. The molecular formula is C35H33F3N4O2. The van der Waals surface area contributed by atoms with Crippen molar-refractivity contribution in [2.24, 2.45) is 11.7 Å². The topological polar surface area (TPSA) is 88.3 Å². The smallest absolute Gasteiger partial charge is 0.254 e. The highest BCUT2D eigenvalue weighted by atomic mass is 19.2. The molecule has 0 spiro atoms. The van der Waals surface area contributed by atoms with Crippen LogP contribution in [0.15, 0.2) is 60.7 Å². The molecule has 1 aromatic heterocycles. The molecule has 0 saturated carbocycles. The van der Waals surface area contributed by atoms with Crippen LogP contribution in [0, 0.1) is 23.4 Å². The van der Waals surface area contributed by atoms with E-state index in [2.05, 4.69) is 10.2 Å². The summed E-state index contributed by atoms with van der Waals surface area (Å²) in [7, 11) is 0. The Labute approximate surface area is 254 Å². The number of nitrogens with two attached hydrogens (primary N) is 1. The number of anilines is 1. The highest BCUT2D eigenvalue weighted by Gasteiger charge is 2.44. The molecule has 0 aliphatic carbocycles. The number of pyridine rings is 1. The van der Waals surface area contributed by atoms with E-state index < -0.39 is 23.1 Å². The fraction of sp³-hybridized carbons (Fsp3) is 0.286. The van der Waals surface area contributed by atoms with Crippen LogP contribution >= 0.6 is 0 Å². The zero-order valence-corrected chi connectivity index (χ0v) is 24.8. The predicted molar refractivity (Wildman–Crippen MR) is 163 cm³/mol. The molecule has 2 amide bonds. The van der Waals surface area contributed by atoms with E-state index in [1.807, 2.05) is 39.0 Å². The lowest BCUT2D eigenvalue weighted by Gasteiger charge is -2.26. The first-order valence-corrected chi connectivity index (χ1v) is 14.7. The molecule has 2 aliphatic rings. The minimum atomic E-state index is -0.904. The Balaban J connectivity index is 1.46. The van der Waals surface area contributed by atoms with Gasteiger partial charge in [-0.2, -0.15) is 0 Å². The van der Waals surface area contributed by atoms with Crippen molar-refractivity contribution in [2.75, 3.05) is 11.4 Å². The third-order valence-electron chi connectivity index (χ3n) is 8.45. The summed E-state index contributed by atoms with van der Waals surface area (Å²) in [5.41, 5.74) is 11.3. The van der Waals surface area contributed by atoms with Crippen molar-refractivity contribution in [3.63, 3.8) is 0 Å². The number of benzene rings is 3. The number of halogens is 3.